The molecule has 1 aliphatic heterocycles. The van der Waals surface area contributed by atoms with E-state index in [4.69, 9.17) is 0 Å². The zero-order chi connectivity index (χ0) is 17.1. The zero-order valence-corrected chi connectivity index (χ0v) is 13.7. The van der Waals surface area contributed by atoms with Crippen molar-refractivity contribution in [2.45, 2.75) is 26.4 Å². The van der Waals surface area contributed by atoms with Crippen LogP contribution in [0.2, 0.25) is 0 Å². The molecule has 6 heteroatoms. The highest BCUT2D eigenvalue weighted by Crippen LogP contribution is 2.29. The molecule has 1 aromatic carbocycles. The first-order valence-electron chi connectivity index (χ1n) is 7.93. The standard InChI is InChI=1S/C18H20N4O2/c1-12(2)21-18(24)14-8-15-17(19-9-14)20-10-16(23)22(15)11-13-6-4-3-5-7-13/h3-9,12H,10-11H2,1-2H3,(H,19,20)(H,21,24). The third-order valence-corrected chi connectivity index (χ3v) is 3.73. The van der Waals surface area contributed by atoms with E-state index in [0.29, 0.717) is 23.6 Å². The maximum atomic E-state index is 12.4. The first kappa shape index (κ1) is 16.0. The number of rotatable bonds is 4. The van der Waals surface area contributed by atoms with Crippen LogP contribution in [0.4, 0.5) is 11.5 Å². The molecular weight excluding hydrogens is 304 g/mol. The summed E-state index contributed by atoms with van der Waals surface area (Å²) in [7, 11) is 0. The van der Waals surface area contributed by atoms with E-state index < -0.39 is 0 Å². The number of carbonyl (C=O) groups is 2. The highest BCUT2D eigenvalue weighted by molar-refractivity contribution is 6.04. The molecule has 0 radical (unpaired) electrons. The van der Waals surface area contributed by atoms with Crippen molar-refractivity contribution in [2.24, 2.45) is 0 Å². The third-order valence-electron chi connectivity index (χ3n) is 3.73. The lowest BCUT2D eigenvalue weighted by atomic mass is 10.1. The minimum absolute atomic E-state index is 0.0358. The summed E-state index contributed by atoms with van der Waals surface area (Å²) >= 11 is 0. The zero-order valence-electron chi connectivity index (χ0n) is 13.7. The van der Waals surface area contributed by atoms with E-state index in [1.165, 1.54) is 6.20 Å². The number of nitrogens with one attached hydrogen (secondary N) is 2. The molecule has 6 nitrogen and oxygen atoms in total. The number of carbonyl (C=O) groups excluding carboxylic acids is 2. The highest BCUT2D eigenvalue weighted by atomic mass is 16.2. The minimum Gasteiger partial charge on any atom is -0.359 e. The maximum Gasteiger partial charge on any atom is 0.253 e. The smallest absolute Gasteiger partial charge is 0.253 e. The van der Waals surface area contributed by atoms with Crippen LogP contribution in [0.1, 0.15) is 29.8 Å². The quantitative estimate of drug-likeness (QED) is 0.904. The molecule has 1 aliphatic rings. The minimum atomic E-state index is -0.196. The average molecular weight is 324 g/mol. The predicted octanol–water partition coefficient (Wildman–Crippen LogP) is 2.18. The van der Waals surface area contributed by atoms with Gasteiger partial charge in [0.1, 0.15) is 0 Å². The molecule has 0 saturated carbocycles. The second-order valence-corrected chi connectivity index (χ2v) is 6.04. The van der Waals surface area contributed by atoms with Crippen molar-refractivity contribution in [3.63, 3.8) is 0 Å². The Bertz CT molecular complexity index is 759. The van der Waals surface area contributed by atoms with E-state index in [1.54, 1.807) is 11.0 Å². The second kappa shape index (κ2) is 6.70. The Morgan fingerprint density at radius 3 is 2.79 bits per heavy atom. The van der Waals surface area contributed by atoms with Crippen LogP contribution < -0.4 is 15.5 Å². The third kappa shape index (κ3) is 3.37. The molecule has 0 fully saturated rings. The van der Waals surface area contributed by atoms with E-state index in [1.807, 2.05) is 44.2 Å². The topological polar surface area (TPSA) is 74.3 Å². The fourth-order valence-electron chi connectivity index (χ4n) is 2.59. The molecule has 0 atom stereocenters. The Kier molecular flexibility index (Phi) is 4.46. The number of hydrogen-bond acceptors (Lipinski definition) is 4. The Morgan fingerprint density at radius 2 is 2.08 bits per heavy atom. The van der Waals surface area contributed by atoms with Gasteiger partial charge in [0.05, 0.1) is 24.3 Å². The summed E-state index contributed by atoms with van der Waals surface area (Å²) in [6.07, 6.45) is 1.53. The van der Waals surface area contributed by atoms with Gasteiger partial charge in [-0.05, 0) is 25.5 Å². The summed E-state index contributed by atoms with van der Waals surface area (Å²) in [5.41, 5.74) is 2.10. The van der Waals surface area contributed by atoms with Gasteiger partial charge in [-0.1, -0.05) is 30.3 Å². The van der Waals surface area contributed by atoms with Crippen LogP contribution in [-0.4, -0.2) is 29.4 Å². The Balaban J connectivity index is 1.92. The monoisotopic (exact) mass is 324 g/mol. The van der Waals surface area contributed by atoms with Crippen molar-refractivity contribution in [1.82, 2.24) is 10.3 Å². The molecule has 0 aliphatic carbocycles. The molecule has 0 saturated heterocycles. The fraction of sp³-hybridized carbons (Fsp3) is 0.278. The number of fused-ring (bicyclic) bond motifs is 1. The predicted molar refractivity (Wildman–Crippen MR) is 93.0 cm³/mol. The average Bonchev–Trinajstić information content (AvgIpc) is 2.57. The molecule has 2 heterocycles. The summed E-state index contributed by atoms with van der Waals surface area (Å²) in [6.45, 7) is 4.45. The number of pyridine rings is 1. The van der Waals surface area contributed by atoms with Gasteiger partial charge < -0.3 is 15.5 Å². The van der Waals surface area contributed by atoms with Crippen molar-refractivity contribution in [1.29, 1.82) is 0 Å². The molecule has 0 bridgehead atoms. The largest absolute Gasteiger partial charge is 0.359 e. The molecule has 1 aromatic heterocycles. The number of aromatic nitrogens is 1. The van der Waals surface area contributed by atoms with Gasteiger partial charge >= 0.3 is 0 Å². The fourth-order valence-corrected chi connectivity index (χ4v) is 2.59. The number of benzene rings is 1. The van der Waals surface area contributed by atoms with Gasteiger partial charge in [-0.3, -0.25) is 9.59 Å². The van der Waals surface area contributed by atoms with Gasteiger partial charge in [0.15, 0.2) is 5.82 Å². The number of nitrogens with zero attached hydrogens (tertiary/aromatic N) is 2. The van der Waals surface area contributed by atoms with E-state index in [0.717, 1.165) is 5.56 Å². The summed E-state index contributed by atoms with van der Waals surface area (Å²) in [4.78, 5) is 30.5. The molecule has 2 amide bonds. The lowest BCUT2D eigenvalue weighted by molar-refractivity contribution is -0.117. The number of hydrogen-bond donors (Lipinski definition) is 2. The molecular formula is C18H20N4O2. The normalized spacial score (nSPS) is 13.5. The molecule has 0 spiro atoms. The van der Waals surface area contributed by atoms with Crippen LogP contribution in [0.25, 0.3) is 0 Å². The maximum absolute atomic E-state index is 12.4. The van der Waals surface area contributed by atoms with Crippen LogP contribution in [0.5, 0.6) is 0 Å². The second-order valence-electron chi connectivity index (χ2n) is 6.04. The Labute approximate surface area is 140 Å². The van der Waals surface area contributed by atoms with Crippen LogP contribution >= 0.6 is 0 Å². The summed E-state index contributed by atoms with van der Waals surface area (Å²) in [5.74, 6) is 0.374. The molecule has 0 unspecified atom stereocenters. The van der Waals surface area contributed by atoms with Gasteiger partial charge in [0.25, 0.3) is 5.91 Å². The first-order chi connectivity index (χ1) is 11.5. The van der Waals surface area contributed by atoms with Crippen LogP contribution in [0.3, 0.4) is 0 Å². The molecule has 24 heavy (non-hydrogen) atoms. The lowest BCUT2D eigenvalue weighted by Crippen LogP contribution is -2.40. The molecule has 124 valence electrons. The van der Waals surface area contributed by atoms with Gasteiger partial charge in [0, 0.05) is 12.2 Å². The van der Waals surface area contributed by atoms with Gasteiger partial charge in [-0.2, -0.15) is 0 Å². The number of amides is 2. The van der Waals surface area contributed by atoms with E-state index in [2.05, 4.69) is 15.6 Å². The van der Waals surface area contributed by atoms with Gasteiger partial charge in [0.2, 0.25) is 5.91 Å². The summed E-state index contributed by atoms with van der Waals surface area (Å²) in [5, 5.41) is 5.84. The van der Waals surface area contributed by atoms with Gasteiger partial charge in [-0.15, -0.1) is 0 Å². The van der Waals surface area contributed by atoms with E-state index in [9.17, 15) is 9.59 Å². The van der Waals surface area contributed by atoms with E-state index in [-0.39, 0.29) is 24.4 Å². The van der Waals surface area contributed by atoms with Crippen molar-refractivity contribution in [3.05, 3.63) is 53.7 Å². The highest BCUT2D eigenvalue weighted by Gasteiger charge is 2.26. The lowest BCUT2D eigenvalue weighted by Gasteiger charge is -2.29. The van der Waals surface area contributed by atoms with Crippen molar-refractivity contribution in [2.75, 3.05) is 16.8 Å². The summed E-state index contributed by atoms with van der Waals surface area (Å²) < 4.78 is 0. The molecule has 2 N–H and O–H groups in total. The van der Waals surface area contributed by atoms with Crippen LogP contribution in [0, 0.1) is 0 Å². The van der Waals surface area contributed by atoms with Crippen molar-refractivity contribution < 1.29 is 9.59 Å². The SMILES string of the molecule is CC(C)NC(=O)c1cnc2c(c1)N(Cc1ccccc1)C(=O)CN2. The van der Waals surface area contributed by atoms with Gasteiger partial charge in [-0.25, -0.2) is 4.98 Å². The van der Waals surface area contributed by atoms with Crippen LogP contribution in [0.15, 0.2) is 42.6 Å². The Hall–Kier alpha value is -2.89. The first-order valence-corrected chi connectivity index (χ1v) is 7.93. The van der Waals surface area contributed by atoms with Crippen molar-refractivity contribution >= 4 is 23.3 Å². The summed E-state index contributed by atoms with van der Waals surface area (Å²) in [6, 6.07) is 11.5. The Morgan fingerprint density at radius 1 is 1.33 bits per heavy atom. The van der Waals surface area contributed by atoms with Crippen molar-refractivity contribution in [3.8, 4) is 0 Å². The van der Waals surface area contributed by atoms with E-state index >= 15 is 0 Å². The molecule has 3 rings (SSSR count). The van der Waals surface area contributed by atoms with Crippen LogP contribution in [-0.2, 0) is 11.3 Å². The molecule has 2 aromatic rings. The number of anilines is 2.